The van der Waals surface area contributed by atoms with E-state index in [0.29, 0.717) is 6.04 Å². The van der Waals surface area contributed by atoms with Crippen molar-refractivity contribution in [2.24, 2.45) is 4.99 Å². The number of nitrogens with one attached hydrogen (secondary N) is 2. The van der Waals surface area contributed by atoms with E-state index in [9.17, 15) is 0 Å². The number of benzene rings is 1. The largest absolute Gasteiger partial charge is 0.493 e. The van der Waals surface area contributed by atoms with Crippen molar-refractivity contribution in [1.29, 1.82) is 0 Å². The SMILES string of the molecule is CN=C(NCC(C)(C)c1ccc(OC)c(OC)c1)NC1CCN(C2CC2)CC1.I. The highest BCUT2D eigenvalue weighted by Crippen LogP contribution is 2.33. The number of nitrogens with zero attached hydrogens (tertiary/aromatic N) is 2. The van der Waals surface area contributed by atoms with Crippen LogP contribution in [0.2, 0.25) is 0 Å². The van der Waals surface area contributed by atoms with Crippen LogP contribution in [-0.4, -0.2) is 63.8 Å². The number of hydrogen-bond acceptors (Lipinski definition) is 4. The Balaban J connectivity index is 0.00000300. The second-order valence-electron chi connectivity index (χ2n) is 8.57. The van der Waals surface area contributed by atoms with Crippen molar-refractivity contribution >= 4 is 29.9 Å². The van der Waals surface area contributed by atoms with Gasteiger partial charge >= 0.3 is 0 Å². The normalized spacial score (nSPS) is 18.7. The van der Waals surface area contributed by atoms with E-state index in [1.165, 1.54) is 44.3 Å². The summed E-state index contributed by atoms with van der Waals surface area (Å²) < 4.78 is 10.8. The van der Waals surface area contributed by atoms with Crippen molar-refractivity contribution in [1.82, 2.24) is 15.5 Å². The first-order valence-corrected chi connectivity index (χ1v) is 10.4. The maximum atomic E-state index is 5.46. The molecular formula is C22H37IN4O2. The Hall–Kier alpha value is -1.22. The summed E-state index contributed by atoms with van der Waals surface area (Å²) in [6, 6.07) is 7.51. The molecule has 0 bridgehead atoms. The predicted molar refractivity (Wildman–Crippen MR) is 130 cm³/mol. The van der Waals surface area contributed by atoms with E-state index in [1.54, 1.807) is 14.2 Å². The molecule has 1 aromatic rings. The van der Waals surface area contributed by atoms with Crippen LogP contribution < -0.4 is 20.1 Å². The number of aliphatic imine (C=N–C) groups is 1. The molecule has 6 nitrogen and oxygen atoms in total. The van der Waals surface area contributed by atoms with Crippen LogP contribution in [0.15, 0.2) is 23.2 Å². The van der Waals surface area contributed by atoms with Crippen LogP contribution in [0, 0.1) is 0 Å². The van der Waals surface area contributed by atoms with Gasteiger partial charge < -0.3 is 25.0 Å². The molecular weight excluding hydrogens is 479 g/mol. The van der Waals surface area contributed by atoms with Crippen molar-refractivity contribution in [3.8, 4) is 11.5 Å². The maximum Gasteiger partial charge on any atom is 0.191 e. The molecule has 1 aliphatic heterocycles. The first kappa shape index (κ1) is 24.1. The van der Waals surface area contributed by atoms with Gasteiger partial charge in [0, 0.05) is 44.2 Å². The molecule has 0 aromatic heterocycles. The highest BCUT2D eigenvalue weighted by Gasteiger charge is 2.32. The molecule has 7 heteroatoms. The number of likely N-dealkylation sites (tertiary alicyclic amines) is 1. The monoisotopic (exact) mass is 516 g/mol. The van der Waals surface area contributed by atoms with E-state index < -0.39 is 0 Å². The molecule has 2 aliphatic rings. The fourth-order valence-corrected chi connectivity index (χ4v) is 3.90. The Bertz CT molecular complexity index is 683. The molecule has 1 heterocycles. The molecule has 0 atom stereocenters. The molecule has 0 amide bonds. The molecule has 1 saturated carbocycles. The van der Waals surface area contributed by atoms with Crippen LogP contribution in [0.3, 0.4) is 0 Å². The highest BCUT2D eigenvalue weighted by atomic mass is 127. The van der Waals surface area contributed by atoms with E-state index in [-0.39, 0.29) is 29.4 Å². The summed E-state index contributed by atoms with van der Waals surface area (Å²) in [5, 5.41) is 7.14. The first-order chi connectivity index (χ1) is 13.5. The average Bonchev–Trinajstić information content (AvgIpc) is 3.56. The third-order valence-electron chi connectivity index (χ3n) is 6.02. The number of methoxy groups -OCH3 is 2. The Morgan fingerprint density at radius 2 is 1.76 bits per heavy atom. The second kappa shape index (κ2) is 10.7. The third kappa shape index (κ3) is 6.38. The molecule has 0 unspecified atom stereocenters. The standard InChI is InChI=1S/C22H36N4O2.HI/c1-22(2,16-6-9-19(27-4)20(14-16)28-5)15-24-21(23-3)25-17-10-12-26(13-11-17)18-7-8-18;/h6,9,14,17-18H,7-8,10-13,15H2,1-5H3,(H2,23,24,25);1H. The summed E-state index contributed by atoms with van der Waals surface area (Å²) in [5.41, 5.74) is 1.12. The fourth-order valence-electron chi connectivity index (χ4n) is 3.90. The van der Waals surface area contributed by atoms with E-state index in [1.807, 2.05) is 13.1 Å². The molecule has 0 radical (unpaired) electrons. The zero-order valence-corrected chi connectivity index (χ0v) is 20.8. The van der Waals surface area contributed by atoms with Gasteiger partial charge in [-0.05, 0) is 43.4 Å². The minimum atomic E-state index is -0.0769. The predicted octanol–water partition coefficient (Wildman–Crippen LogP) is 3.39. The minimum absolute atomic E-state index is 0. The van der Waals surface area contributed by atoms with E-state index in [4.69, 9.17) is 9.47 Å². The zero-order chi connectivity index (χ0) is 20.1. The van der Waals surface area contributed by atoms with Crippen LogP contribution in [-0.2, 0) is 5.41 Å². The molecule has 164 valence electrons. The number of rotatable bonds is 7. The summed E-state index contributed by atoms with van der Waals surface area (Å²) in [5.74, 6) is 2.40. The molecule has 0 spiro atoms. The summed E-state index contributed by atoms with van der Waals surface area (Å²) in [4.78, 5) is 7.09. The van der Waals surface area contributed by atoms with Gasteiger partial charge in [0.2, 0.25) is 0 Å². The lowest BCUT2D eigenvalue weighted by molar-refractivity contribution is 0.197. The maximum absolute atomic E-state index is 5.46. The van der Waals surface area contributed by atoms with Crippen molar-refractivity contribution in [3.63, 3.8) is 0 Å². The summed E-state index contributed by atoms with van der Waals surface area (Å²) in [7, 11) is 5.18. The van der Waals surface area contributed by atoms with Crippen LogP contribution >= 0.6 is 24.0 Å². The molecule has 2 N–H and O–H groups in total. The molecule has 1 saturated heterocycles. The quantitative estimate of drug-likeness (QED) is 0.331. The Kier molecular flexibility index (Phi) is 8.88. The number of halogens is 1. The van der Waals surface area contributed by atoms with Crippen molar-refractivity contribution in [3.05, 3.63) is 23.8 Å². The third-order valence-corrected chi connectivity index (χ3v) is 6.02. The van der Waals surface area contributed by atoms with Crippen molar-refractivity contribution in [2.45, 2.75) is 57.0 Å². The number of ether oxygens (including phenoxy) is 2. The minimum Gasteiger partial charge on any atom is -0.493 e. The second-order valence-corrected chi connectivity index (χ2v) is 8.57. The summed E-state index contributed by atoms with van der Waals surface area (Å²) in [6.45, 7) is 7.64. The van der Waals surface area contributed by atoms with Crippen molar-refractivity contribution in [2.75, 3.05) is 40.9 Å². The fraction of sp³-hybridized carbons (Fsp3) is 0.682. The topological polar surface area (TPSA) is 58.1 Å². The van der Waals surface area contributed by atoms with Crippen LogP contribution in [0.4, 0.5) is 0 Å². The first-order valence-electron chi connectivity index (χ1n) is 10.4. The smallest absolute Gasteiger partial charge is 0.191 e. The lowest BCUT2D eigenvalue weighted by Gasteiger charge is -2.34. The number of guanidine groups is 1. The van der Waals surface area contributed by atoms with Crippen LogP contribution in [0.1, 0.15) is 45.1 Å². The lowest BCUT2D eigenvalue weighted by atomic mass is 9.84. The molecule has 29 heavy (non-hydrogen) atoms. The van der Waals surface area contributed by atoms with E-state index in [0.717, 1.165) is 30.0 Å². The van der Waals surface area contributed by atoms with E-state index in [2.05, 4.69) is 46.5 Å². The highest BCUT2D eigenvalue weighted by molar-refractivity contribution is 14.0. The van der Waals surface area contributed by atoms with Gasteiger partial charge in [-0.15, -0.1) is 24.0 Å². The van der Waals surface area contributed by atoms with Gasteiger partial charge in [-0.25, -0.2) is 0 Å². The molecule has 2 fully saturated rings. The van der Waals surface area contributed by atoms with Gasteiger partial charge in [0.15, 0.2) is 17.5 Å². The van der Waals surface area contributed by atoms with Gasteiger partial charge in [0.25, 0.3) is 0 Å². The van der Waals surface area contributed by atoms with Gasteiger partial charge in [0.1, 0.15) is 0 Å². The molecule has 1 aliphatic carbocycles. The lowest BCUT2D eigenvalue weighted by Crippen LogP contribution is -2.50. The van der Waals surface area contributed by atoms with Gasteiger partial charge in [0.05, 0.1) is 14.2 Å². The number of hydrogen-bond donors (Lipinski definition) is 2. The summed E-state index contributed by atoms with van der Waals surface area (Å²) >= 11 is 0. The zero-order valence-electron chi connectivity index (χ0n) is 18.5. The Labute approximate surface area is 192 Å². The summed E-state index contributed by atoms with van der Waals surface area (Å²) in [6.07, 6.45) is 5.17. The number of piperidine rings is 1. The van der Waals surface area contributed by atoms with Gasteiger partial charge in [-0.2, -0.15) is 0 Å². The molecule has 3 rings (SSSR count). The molecule has 1 aromatic carbocycles. The van der Waals surface area contributed by atoms with Crippen LogP contribution in [0.5, 0.6) is 11.5 Å². The van der Waals surface area contributed by atoms with Gasteiger partial charge in [-0.3, -0.25) is 4.99 Å². The Morgan fingerprint density at radius 1 is 1.10 bits per heavy atom. The van der Waals surface area contributed by atoms with Crippen LogP contribution in [0.25, 0.3) is 0 Å². The van der Waals surface area contributed by atoms with Crippen molar-refractivity contribution < 1.29 is 9.47 Å². The Morgan fingerprint density at radius 3 is 2.31 bits per heavy atom. The van der Waals surface area contributed by atoms with Gasteiger partial charge in [-0.1, -0.05) is 19.9 Å². The average molecular weight is 516 g/mol. The van der Waals surface area contributed by atoms with E-state index >= 15 is 0 Å².